The summed E-state index contributed by atoms with van der Waals surface area (Å²) in [6.45, 7) is 11.7. The summed E-state index contributed by atoms with van der Waals surface area (Å²) in [5, 5.41) is 7.77. The third-order valence-corrected chi connectivity index (χ3v) is 7.37. The van der Waals surface area contributed by atoms with Gasteiger partial charge in [0.05, 0.1) is 43.8 Å². The fourth-order valence-corrected chi connectivity index (χ4v) is 5.55. The van der Waals surface area contributed by atoms with Crippen LogP contribution in [0.15, 0.2) is 92.2 Å². The van der Waals surface area contributed by atoms with Gasteiger partial charge in [0, 0.05) is 35.5 Å². The second-order valence-corrected chi connectivity index (χ2v) is 10.0. The monoisotopic (exact) mass is 563 g/mol. The van der Waals surface area contributed by atoms with Crippen LogP contribution in [0.5, 0.6) is 5.75 Å². The van der Waals surface area contributed by atoms with Crippen LogP contribution in [0.3, 0.4) is 0 Å². The highest BCUT2D eigenvalue weighted by atomic mass is 16.5. The molecule has 0 radical (unpaired) electrons. The molecule has 5 rings (SSSR count). The number of carbonyl (C=O) groups excluding carboxylic acids is 1. The fraction of sp³-hybridized carbons (Fsp3) is 0.257. The average molecular weight is 564 g/mol. The van der Waals surface area contributed by atoms with Crippen molar-refractivity contribution >= 4 is 27.6 Å². The van der Waals surface area contributed by atoms with Crippen molar-refractivity contribution in [2.24, 2.45) is 7.05 Å². The summed E-state index contributed by atoms with van der Waals surface area (Å²) in [7, 11) is 1.91. The van der Waals surface area contributed by atoms with Crippen LogP contribution in [0, 0.1) is 0 Å². The van der Waals surface area contributed by atoms with E-state index in [0.29, 0.717) is 45.1 Å². The number of fused-ring (bicyclic) bond motifs is 2. The molecule has 0 saturated carbocycles. The Bertz CT molecular complexity index is 1720. The second-order valence-electron chi connectivity index (χ2n) is 10.0. The first kappa shape index (κ1) is 28.9. The number of para-hydroxylation sites is 1. The largest absolute Gasteiger partial charge is 0.493 e. The predicted octanol–water partition coefficient (Wildman–Crippen LogP) is 7.27. The SMILES string of the molecule is C=CCOCc1c(-c2cccc3c(CCCOc4cccc5ccccc45)c(C(=O)OCC)n(CC=C)c23)cnn1C. The summed E-state index contributed by atoms with van der Waals surface area (Å²) in [5.74, 6) is 0.519. The normalized spacial score (nSPS) is 11.2. The maximum absolute atomic E-state index is 13.5. The Morgan fingerprint density at radius 2 is 1.76 bits per heavy atom. The van der Waals surface area contributed by atoms with Gasteiger partial charge in [-0.05, 0) is 36.8 Å². The zero-order valence-corrected chi connectivity index (χ0v) is 24.3. The van der Waals surface area contributed by atoms with Gasteiger partial charge in [-0.25, -0.2) is 4.79 Å². The summed E-state index contributed by atoms with van der Waals surface area (Å²) < 4.78 is 21.5. The van der Waals surface area contributed by atoms with E-state index >= 15 is 0 Å². The highest BCUT2D eigenvalue weighted by Gasteiger charge is 2.26. The number of hydrogen-bond acceptors (Lipinski definition) is 5. The Morgan fingerprint density at radius 1 is 0.976 bits per heavy atom. The van der Waals surface area contributed by atoms with E-state index in [2.05, 4.69) is 48.6 Å². The van der Waals surface area contributed by atoms with E-state index in [1.54, 1.807) is 6.08 Å². The van der Waals surface area contributed by atoms with E-state index in [1.165, 1.54) is 0 Å². The molecule has 0 bridgehead atoms. The highest BCUT2D eigenvalue weighted by Crippen LogP contribution is 2.37. The van der Waals surface area contributed by atoms with Crippen LogP contribution in [0.1, 0.15) is 35.1 Å². The highest BCUT2D eigenvalue weighted by molar-refractivity contribution is 6.04. The molecule has 0 saturated heterocycles. The van der Waals surface area contributed by atoms with E-state index in [0.717, 1.165) is 56.2 Å². The molecule has 0 amide bonds. The van der Waals surface area contributed by atoms with Crippen LogP contribution in [0.25, 0.3) is 32.8 Å². The number of benzene rings is 3. The average Bonchev–Trinajstić information content (AvgIpc) is 3.53. The van der Waals surface area contributed by atoms with Gasteiger partial charge in [-0.15, -0.1) is 13.2 Å². The van der Waals surface area contributed by atoms with E-state index in [4.69, 9.17) is 14.2 Å². The first-order valence-electron chi connectivity index (χ1n) is 14.3. The predicted molar refractivity (Wildman–Crippen MR) is 168 cm³/mol. The Balaban J connectivity index is 1.54. The van der Waals surface area contributed by atoms with Gasteiger partial charge in [-0.1, -0.05) is 66.7 Å². The molecule has 7 nitrogen and oxygen atoms in total. The molecular weight excluding hydrogens is 526 g/mol. The molecule has 3 aromatic carbocycles. The Hall–Kier alpha value is -4.62. The zero-order chi connectivity index (χ0) is 29.5. The van der Waals surface area contributed by atoms with Gasteiger partial charge >= 0.3 is 5.97 Å². The Labute approximate surface area is 246 Å². The fourth-order valence-electron chi connectivity index (χ4n) is 5.55. The number of rotatable bonds is 14. The van der Waals surface area contributed by atoms with Gasteiger partial charge in [-0.2, -0.15) is 5.10 Å². The number of esters is 1. The van der Waals surface area contributed by atoms with E-state index in [-0.39, 0.29) is 5.97 Å². The molecule has 5 aromatic rings. The maximum atomic E-state index is 13.5. The van der Waals surface area contributed by atoms with Crippen molar-refractivity contribution in [2.45, 2.75) is 32.9 Å². The molecule has 0 fully saturated rings. The van der Waals surface area contributed by atoms with Gasteiger partial charge in [0.1, 0.15) is 11.4 Å². The van der Waals surface area contributed by atoms with Crippen molar-refractivity contribution < 1.29 is 19.0 Å². The first-order valence-corrected chi connectivity index (χ1v) is 14.3. The number of hydrogen-bond donors (Lipinski definition) is 0. The van der Waals surface area contributed by atoms with Gasteiger partial charge in [0.15, 0.2) is 0 Å². The third-order valence-electron chi connectivity index (χ3n) is 7.37. The van der Waals surface area contributed by atoms with Crippen LogP contribution in [0.2, 0.25) is 0 Å². The van der Waals surface area contributed by atoms with Crippen LogP contribution in [-0.2, 0) is 36.1 Å². The molecule has 2 heterocycles. The molecule has 0 aliphatic carbocycles. The molecule has 0 aliphatic rings. The molecule has 0 N–H and O–H groups in total. The maximum Gasteiger partial charge on any atom is 0.355 e. The number of carbonyl (C=O) groups is 1. The van der Waals surface area contributed by atoms with Gasteiger partial charge < -0.3 is 18.8 Å². The van der Waals surface area contributed by atoms with Crippen molar-refractivity contribution in [3.05, 3.63) is 109 Å². The topological polar surface area (TPSA) is 67.5 Å². The first-order chi connectivity index (χ1) is 20.6. The molecule has 42 heavy (non-hydrogen) atoms. The minimum absolute atomic E-state index is 0.290. The standard InChI is InChI=1S/C35H37N3O4/c1-5-20-38-33-27(16-11-17-29(33)30-23-36-37(4)31(30)24-40-21-6-2)28(34(38)35(39)41-7-3)18-12-22-42-32-19-10-14-25-13-8-9-15-26(25)32/h5-6,8-11,13-17,19,23H,1-2,7,12,18,20-22,24H2,3-4H3. The summed E-state index contributed by atoms with van der Waals surface area (Å²) in [6.07, 6.45) is 6.76. The number of aromatic nitrogens is 3. The lowest BCUT2D eigenvalue weighted by molar-refractivity contribution is 0.0513. The van der Waals surface area contributed by atoms with Crippen molar-refractivity contribution in [1.82, 2.24) is 14.3 Å². The number of nitrogens with zero attached hydrogens (tertiary/aromatic N) is 3. The number of aryl methyl sites for hydroxylation is 2. The Kier molecular flexibility index (Phi) is 9.19. The van der Waals surface area contributed by atoms with Gasteiger partial charge in [-0.3, -0.25) is 4.68 Å². The molecule has 0 spiro atoms. The molecule has 0 atom stereocenters. The van der Waals surface area contributed by atoms with E-state index < -0.39 is 0 Å². The van der Waals surface area contributed by atoms with Crippen molar-refractivity contribution in [3.8, 4) is 16.9 Å². The van der Waals surface area contributed by atoms with Gasteiger partial charge in [0.25, 0.3) is 0 Å². The third kappa shape index (κ3) is 5.74. The zero-order valence-electron chi connectivity index (χ0n) is 24.3. The lowest BCUT2D eigenvalue weighted by Gasteiger charge is -2.12. The van der Waals surface area contributed by atoms with Crippen molar-refractivity contribution in [2.75, 3.05) is 19.8 Å². The second kappa shape index (κ2) is 13.4. The quantitative estimate of drug-likeness (QED) is 0.0807. The van der Waals surface area contributed by atoms with Crippen LogP contribution in [-0.4, -0.2) is 40.1 Å². The smallest absolute Gasteiger partial charge is 0.355 e. The molecule has 2 aromatic heterocycles. The minimum Gasteiger partial charge on any atom is -0.493 e. The molecule has 216 valence electrons. The molecular formula is C35H37N3O4. The molecule has 7 heteroatoms. The lowest BCUT2D eigenvalue weighted by Crippen LogP contribution is -2.14. The Morgan fingerprint density at radius 3 is 2.57 bits per heavy atom. The summed E-state index contributed by atoms with van der Waals surface area (Å²) in [6, 6.07) is 20.5. The number of ether oxygens (including phenoxy) is 3. The summed E-state index contributed by atoms with van der Waals surface area (Å²) >= 11 is 0. The number of allylic oxidation sites excluding steroid dienone is 1. The van der Waals surface area contributed by atoms with Crippen molar-refractivity contribution in [3.63, 3.8) is 0 Å². The van der Waals surface area contributed by atoms with Gasteiger partial charge in [0.2, 0.25) is 0 Å². The van der Waals surface area contributed by atoms with Crippen LogP contribution < -0.4 is 4.74 Å². The molecule has 0 unspecified atom stereocenters. The van der Waals surface area contributed by atoms with Crippen LogP contribution >= 0.6 is 0 Å². The summed E-state index contributed by atoms with van der Waals surface area (Å²) in [4.78, 5) is 13.5. The summed E-state index contributed by atoms with van der Waals surface area (Å²) in [5.41, 5.74) is 5.32. The van der Waals surface area contributed by atoms with E-state index in [9.17, 15) is 4.79 Å². The lowest BCUT2D eigenvalue weighted by atomic mass is 10.00. The van der Waals surface area contributed by atoms with E-state index in [1.807, 2.05) is 65.8 Å². The minimum atomic E-state index is -0.341. The van der Waals surface area contributed by atoms with Crippen LogP contribution in [0.4, 0.5) is 0 Å². The van der Waals surface area contributed by atoms with Crippen molar-refractivity contribution in [1.29, 1.82) is 0 Å². The molecule has 0 aliphatic heterocycles.